The molecule has 1 rings (SSSR count). The lowest BCUT2D eigenvalue weighted by Gasteiger charge is -2.18. The first-order valence-electron chi connectivity index (χ1n) is 5.12. The van der Waals surface area contributed by atoms with Gasteiger partial charge in [0.2, 0.25) is 0 Å². The third kappa shape index (κ3) is 2.62. The summed E-state index contributed by atoms with van der Waals surface area (Å²) in [5, 5.41) is 0. The van der Waals surface area contributed by atoms with E-state index in [1.54, 1.807) is 12.1 Å². The zero-order valence-corrected chi connectivity index (χ0v) is 8.82. The van der Waals surface area contributed by atoms with Crippen molar-refractivity contribution in [1.29, 1.82) is 0 Å². The molecule has 0 atom stereocenters. The normalized spacial score (nSPS) is 10.1. The van der Waals surface area contributed by atoms with Gasteiger partial charge in [-0.15, -0.1) is 0 Å². The van der Waals surface area contributed by atoms with Gasteiger partial charge in [-0.2, -0.15) is 0 Å². The molecule has 0 spiro atoms. The number of hydrogen-bond donors (Lipinski definition) is 0. The van der Waals surface area contributed by atoms with Crippen LogP contribution in [0.4, 0.5) is 0 Å². The minimum Gasteiger partial charge on any atom is -0.459 e. The molecule has 0 fully saturated rings. The molecule has 1 aromatic heterocycles. The van der Waals surface area contributed by atoms with Crippen molar-refractivity contribution in [2.75, 3.05) is 13.1 Å². The maximum Gasteiger partial charge on any atom is 0.289 e. The monoisotopic (exact) mass is 195 g/mol. The first-order chi connectivity index (χ1) is 6.79. The van der Waals surface area contributed by atoms with Crippen LogP contribution >= 0.6 is 0 Å². The van der Waals surface area contributed by atoms with E-state index < -0.39 is 0 Å². The van der Waals surface area contributed by atoms with Gasteiger partial charge in [0.15, 0.2) is 5.76 Å². The van der Waals surface area contributed by atoms with Gasteiger partial charge in [0.1, 0.15) is 0 Å². The third-order valence-corrected chi connectivity index (χ3v) is 2.18. The minimum absolute atomic E-state index is 0.00838. The first kappa shape index (κ1) is 10.8. The number of carbonyl (C=O) groups is 1. The summed E-state index contributed by atoms with van der Waals surface area (Å²) in [6.45, 7) is 5.65. The molecule has 3 nitrogen and oxygen atoms in total. The number of carbonyl (C=O) groups excluding carboxylic acids is 1. The maximum atomic E-state index is 11.8. The van der Waals surface area contributed by atoms with Crippen LogP contribution in [-0.2, 0) is 0 Å². The van der Waals surface area contributed by atoms with E-state index in [0.717, 1.165) is 25.9 Å². The van der Waals surface area contributed by atoms with Crippen LogP contribution in [0.5, 0.6) is 0 Å². The van der Waals surface area contributed by atoms with Crippen LogP contribution in [0.1, 0.15) is 37.2 Å². The van der Waals surface area contributed by atoms with Crippen molar-refractivity contribution in [2.24, 2.45) is 0 Å². The molecular weight excluding hydrogens is 178 g/mol. The van der Waals surface area contributed by atoms with Crippen molar-refractivity contribution in [3.63, 3.8) is 0 Å². The molecule has 0 unspecified atom stereocenters. The van der Waals surface area contributed by atoms with Crippen molar-refractivity contribution in [3.05, 3.63) is 24.2 Å². The quantitative estimate of drug-likeness (QED) is 0.723. The Morgan fingerprint density at radius 3 is 2.79 bits per heavy atom. The molecule has 0 saturated carbocycles. The predicted octanol–water partition coefficient (Wildman–Crippen LogP) is 2.54. The van der Waals surface area contributed by atoms with Gasteiger partial charge in [-0.1, -0.05) is 13.3 Å². The molecule has 1 heterocycles. The molecule has 0 aliphatic heterocycles. The number of nitrogens with zero attached hydrogens (tertiary/aromatic N) is 1. The number of rotatable bonds is 5. The van der Waals surface area contributed by atoms with Crippen LogP contribution in [0.15, 0.2) is 22.8 Å². The Kier molecular flexibility index (Phi) is 4.23. The van der Waals surface area contributed by atoms with Gasteiger partial charge in [0.05, 0.1) is 6.26 Å². The molecule has 1 aromatic rings. The fourth-order valence-electron chi connectivity index (χ4n) is 1.31. The average molecular weight is 195 g/mol. The molecule has 14 heavy (non-hydrogen) atoms. The highest BCUT2D eigenvalue weighted by Gasteiger charge is 2.15. The molecule has 0 N–H and O–H groups in total. The zero-order valence-electron chi connectivity index (χ0n) is 8.82. The number of amides is 1. The van der Waals surface area contributed by atoms with Gasteiger partial charge >= 0.3 is 0 Å². The van der Waals surface area contributed by atoms with Crippen LogP contribution < -0.4 is 0 Å². The van der Waals surface area contributed by atoms with Gasteiger partial charge in [-0.3, -0.25) is 4.79 Å². The van der Waals surface area contributed by atoms with Gasteiger partial charge in [-0.05, 0) is 25.5 Å². The van der Waals surface area contributed by atoms with E-state index >= 15 is 0 Å². The third-order valence-electron chi connectivity index (χ3n) is 2.18. The Morgan fingerprint density at radius 2 is 2.29 bits per heavy atom. The van der Waals surface area contributed by atoms with Gasteiger partial charge in [-0.25, -0.2) is 0 Å². The second-order valence-corrected chi connectivity index (χ2v) is 3.22. The first-order valence-corrected chi connectivity index (χ1v) is 5.12. The van der Waals surface area contributed by atoms with Crippen LogP contribution in [-0.4, -0.2) is 23.9 Å². The molecule has 0 bridgehead atoms. The Morgan fingerprint density at radius 1 is 1.50 bits per heavy atom. The van der Waals surface area contributed by atoms with Gasteiger partial charge in [0.25, 0.3) is 5.91 Å². The Hall–Kier alpha value is -1.25. The van der Waals surface area contributed by atoms with E-state index in [1.165, 1.54) is 6.26 Å². The highest BCUT2D eigenvalue weighted by molar-refractivity contribution is 5.91. The van der Waals surface area contributed by atoms with Gasteiger partial charge in [0, 0.05) is 13.1 Å². The summed E-state index contributed by atoms with van der Waals surface area (Å²) in [6.07, 6.45) is 3.67. The Labute approximate surface area is 84.7 Å². The smallest absolute Gasteiger partial charge is 0.289 e. The molecule has 0 radical (unpaired) electrons. The molecule has 0 saturated heterocycles. The molecule has 0 aliphatic carbocycles. The van der Waals surface area contributed by atoms with Crippen molar-refractivity contribution >= 4 is 5.91 Å². The fraction of sp³-hybridized carbons (Fsp3) is 0.545. The van der Waals surface area contributed by atoms with Crippen LogP contribution in [0, 0.1) is 0 Å². The minimum atomic E-state index is -0.00838. The summed E-state index contributed by atoms with van der Waals surface area (Å²) >= 11 is 0. The van der Waals surface area contributed by atoms with Crippen LogP contribution in [0.2, 0.25) is 0 Å². The standard InChI is InChI=1S/C11H17NO2/c1-3-5-8-12(4-2)11(13)10-7-6-9-14-10/h6-7,9H,3-5,8H2,1-2H3. The highest BCUT2D eigenvalue weighted by Crippen LogP contribution is 2.06. The number of unbranched alkanes of at least 4 members (excludes halogenated alkanes) is 1. The maximum absolute atomic E-state index is 11.8. The van der Waals surface area contributed by atoms with Crippen LogP contribution in [0.3, 0.4) is 0 Å². The Bertz CT molecular complexity index is 267. The van der Waals surface area contributed by atoms with E-state index in [9.17, 15) is 4.79 Å². The van der Waals surface area contributed by atoms with E-state index in [-0.39, 0.29) is 5.91 Å². The fourth-order valence-corrected chi connectivity index (χ4v) is 1.31. The van der Waals surface area contributed by atoms with Crippen molar-refractivity contribution in [2.45, 2.75) is 26.7 Å². The van der Waals surface area contributed by atoms with Gasteiger partial charge < -0.3 is 9.32 Å². The summed E-state index contributed by atoms with van der Waals surface area (Å²) < 4.78 is 5.07. The van der Waals surface area contributed by atoms with E-state index in [4.69, 9.17) is 4.42 Å². The lowest BCUT2D eigenvalue weighted by molar-refractivity contribution is 0.0730. The molecule has 78 valence electrons. The second kappa shape index (κ2) is 5.47. The SMILES string of the molecule is CCCCN(CC)C(=O)c1ccco1. The molecule has 1 amide bonds. The summed E-state index contributed by atoms with van der Waals surface area (Å²) in [7, 11) is 0. The number of furan rings is 1. The summed E-state index contributed by atoms with van der Waals surface area (Å²) in [5.41, 5.74) is 0. The van der Waals surface area contributed by atoms with Crippen molar-refractivity contribution < 1.29 is 9.21 Å². The van der Waals surface area contributed by atoms with Crippen molar-refractivity contribution in [1.82, 2.24) is 4.90 Å². The molecule has 0 aromatic carbocycles. The predicted molar refractivity (Wildman–Crippen MR) is 55.2 cm³/mol. The zero-order chi connectivity index (χ0) is 10.4. The highest BCUT2D eigenvalue weighted by atomic mass is 16.3. The van der Waals surface area contributed by atoms with Crippen molar-refractivity contribution in [3.8, 4) is 0 Å². The Balaban J connectivity index is 2.56. The summed E-state index contributed by atoms with van der Waals surface area (Å²) in [5.74, 6) is 0.425. The molecule has 3 heteroatoms. The van der Waals surface area contributed by atoms with E-state index in [0.29, 0.717) is 5.76 Å². The topological polar surface area (TPSA) is 33.5 Å². The lowest BCUT2D eigenvalue weighted by atomic mass is 10.3. The summed E-state index contributed by atoms with van der Waals surface area (Å²) in [6, 6.07) is 3.44. The largest absolute Gasteiger partial charge is 0.459 e. The van der Waals surface area contributed by atoms with E-state index in [1.807, 2.05) is 11.8 Å². The van der Waals surface area contributed by atoms with Crippen LogP contribution in [0.25, 0.3) is 0 Å². The van der Waals surface area contributed by atoms with E-state index in [2.05, 4.69) is 6.92 Å². The molecular formula is C11H17NO2. The lowest BCUT2D eigenvalue weighted by Crippen LogP contribution is -2.31. The summed E-state index contributed by atoms with van der Waals surface area (Å²) in [4.78, 5) is 13.6. The average Bonchev–Trinajstić information content (AvgIpc) is 2.71. The second-order valence-electron chi connectivity index (χ2n) is 3.22. The molecule has 0 aliphatic rings. The number of hydrogen-bond acceptors (Lipinski definition) is 2.